The first-order valence-corrected chi connectivity index (χ1v) is 5.51. The van der Waals surface area contributed by atoms with Crippen LogP contribution in [0.4, 0.5) is 5.69 Å². The number of carboxylic acids is 1. The van der Waals surface area contributed by atoms with Crippen LogP contribution < -0.4 is 4.90 Å². The van der Waals surface area contributed by atoms with Crippen molar-refractivity contribution < 1.29 is 14.4 Å². The summed E-state index contributed by atoms with van der Waals surface area (Å²) in [4.78, 5) is 12.5. The summed E-state index contributed by atoms with van der Waals surface area (Å²) in [6.45, 7) is 0. The van der Waals surface area contributed by atoms with Gasteiger partial charge in [0, 0.05) is 31.4 Å². The molecule has 2 rings (SSSR count). The number of nitrogens with zero attached hydrogens (tertiary/aromatic N) is 2. The Morgan fingerprint density at radius 3 is 2.56 bits per heavy atom. The SMILES string of the molecule is CN(C)c1ccc(-c2cc(CC(=O)O)on2)cc1. The van der Waals surface area contributed by atoms with Crippen LogP contribution in [-0.4, -0.2) is 30.3 Å². The van der Waals surface area contributed by atoms with Crippen LogP contribution in [-0.2, 0) is 11.2 Å². The molecule has 0 saturated heterocycles. The zero-order valence-electron chi connectivity index (χ0n) is 10.3. The third-order valence-corrected chi connectivity index (χ3v) is 2.56. The molecule has 2 aromatic rings. The number of benzene rings is 1. The van der Waals surface area contributed by atoms with Gasteiger partial charge in [-0.1, -0.05) is 17.3 Å². The van der Waals surface area contributed by atoms with Crippen molar-refractivity contribution in [3.63, 3.8) is 0 Å². The van der Waals surface area contributed by atoms with Gasteiger partial charge in [0.25, 0.3) is 0 Å². The second-order valence-corrected chi connectivity index (χ2v) is 4.19. The highest BCUT2D eigenvalue weighted by Crippen LogP contribution is 2.22. The maximum Gasteiger partial charge on any atom is 0.311 e. The van der Waals surface area contributed by atoms with Gasteiger partial charge in [0.05, 0.1) is 0 Å². The maximum atomic E-state index is 10.5. The molecule has 0 atom stereocenters. The van der Waals surface area contributed by atoms with E-state index in [9.17, 15) is 4.79 Å². The normalized spacial score (nSPS) is 10.3. The van der Waals surface area contributed by atoms with Crippen LogP contribution in [0.1, 0.15) is 5.76 Å². The van der Waals surface area contributed by atoms with Crippen molar-refractivity contribution in [3.05, 3.63) is 36.1 Å². The van der Waals surface area contributed by atoms with E-state index in [1.54, 1.807) is 6.07 Å². The molecule has 1 aromatic heterocycles. The maximum absolute atomic E-state index is 10.5. The van der Waals surface area contributed by atoms with E-state index in [1.807, 2.05) is 43.3 Å². The van der Waals surface area contributed by atoms with E-state index in [-0.39, 0.29) is 6.42 Å². The largest absolute Gasteiger partial charge is 0.481 e. The first kappa shape index (κ1) is 12.2. The van der Waals surface area contributed by atoms with Gasteiger partial charge in [0.1, 0.15) is 17.9 Å². The molecular weight excluding hydrogens is 232 g/mol. The second kappa shape index (κ2) is 4.91. The van der Waals surface area contributed by atoms with Crippen molar-refractivity contribution in [2.75, 3.05) is 19.0 Å². The lowest BCUT2D eigenvalue weighted by Gasteiger charge is -2.11. The van der Waals surface area contributed by atoms with E-state index in [1.165, 1.54) is 0 Å². The monoisotopic (exact) mass is 246 g/mol. The van der Waals surface area contributed by atoms with Crippen LogP contribution in [0.2, 0.25) is 0 Å². The van der Waals surface area contributed by atoms with Gasteiger partial charge in [-0.3, -0.25) is 4.79 Å². The molecular formula is C13H14N2O3. The molecule has 0 bridgehead atoms. The van der Waals surface area contributed by atoms with Crippen molar-refractivity contribution >= 4 is 11.7 Å². The fourth-order valence-electron chi connectivity index (χ4n) is 1.61. The van der Waals surface area contributed by atoms with Crippen molar-refractivity contribution in [2.45, 2.75) is 6.42 Å². The summed E-state index contributed by atoms with van der Waals surface area (Å²) in [6, 6.07) is 9.45. The van der Waals surface area contributed by atoms with Crippen molar-refractivity contribution in [2.24, 2.45) is 0 Å². The Hall–Kier alpha value is -2.30. The van der Waals surface area contributed by atoms with E-state index < -0.39 is 5.97 Å². The molecule has 18 heavy (non-hydrogen) atoms. The zero-order valence-corrected chi connectivity index (χ0v) is 10.3. The summed E-state index contributed by atoms with van der Waals surface area (Å²) in [5.74, 6) is -0.574. The Morgan fingerprint density at radius 2 is 2.00 bits per heavy atom. The van der Waals surface area contributed by atoms with Gasteiger partial charge < -0.3 is 14.5 Å². The molecule has 0 aliphatic rings. The summed E-state index contributed by atoms with van der Waals surface area (Å²) in [6.07, 6.45) is -0.150. The molecule has 94 valence electrons. The van der Waals surface area contributed by atoms with Crippen LogP contribution in [0.25, 0.3) is 11.3 Å². The lowest BCUT2D eigenvalue weighted by atomic mass is 10.1. The first-order valence-electron chi connectivity index (χ1n) is 5.51. The Kier molecular flexibility index (Phi) is 3.32. The number of rotatable bonds is 4. The topological polar surface area (TPSA) is 66.6 Å². The predicted molar refractivity (Wildman–Crippen MR) is 67.6 cm³/mol. The lowest BCUT2D eigenvalue weighted by Crippen LogP contribution is -2.07. The molecule has 5 nitrogen and oxygen atoms in total. The van der Waals surface area contributed by atoms with Gasteiger partial charge in [-0.15, -0.1) is 0 Å². The summed E-state index contributed by atoms with van der Waals surface area (Å²) in [5, 5.41) is 12.5. The smallest absolute Gasteiger partial charge is 0.311 e. The molecule has 0 radical (unpaired) electrons. The molecule has 1 heterocycles. The summed E-state index contributed by atoms with van der Waals surface area (Å²) < 4.78 is 4.97. The molecule has 0 saturated carbocycles. The van der Waals surface area contributed by atoms with Gasteiger partial charge in [0.15, 0.2) is 0 Å². The van der Waals surface area contributed by atoms with Crippen LogP contribution in [0.3, 0.4) is 0 Å². The molecule has 0 fully saturated rings. The van der Waals surface area contributed by atoms with Gasteiger partial charge >= 0.3 is 5.97 Å². The third-order valence-electron chi connectivity index (χ3n) is 2.56. The Balaban J connectivity index is 2.20. The van der Waals surface area contributed by atoms with E-state index in [0.29, 0.717) is 11.5 Å². The summed E-state index contributed by atoms with van der Waals surface area (Å²) in [5.41, 5.74) is 2.64. The fraction of sp³-hybridized carbons (Fsp3) is 0.231. The number of hydrogen-bond donors (Lipinski definition) is 1. The van der Waals surface area contributed by atoms with E-state index in [4.69, 9.17) is 9.63 Å². The highest BCUT2D eigenvalue weighted by atomic mass is 16.5. The number of hydrogen-bond acceptors (Lipinski definition) is 4. The number of carbonyl (C=O) groups is 1. The number of anilines is 1. The molecule has 0 aliphatic heterocycles. The predicted octanol–water partition coefficient (Wildman–Crippen LogP) is 2.03. The Labute approximate surface area is 105 Å². The molecule has 0 unspecified atom stereocenters. The van der Waals surface area contributed by atoms with Gasteiger partial charge in [-0.05, 0) is 12.1 Å². The average molecular weight is 246 g/mol. The van der Waals surface area contributed by atoms with Crippen molar-refractivity contribution in [1.82, 2.24) is 5.16 Å². The van der Waals surface area contributed by atoms with Crippen molar-refractivity contribution in [3.8, 4) is 11.3 Å². The van der Waals surface area contributed by atoms with Gasteiger partial charge in [0.2, 0.25) is 0 Å². The van der Waals surface area contributed by atoms with Crippen LogP contribution in [0.5, 0.6) is 0 Å². The lowest BCUT2D eigenvalue weighted by molar-refractivity contribution is -0.136. The number of carboxylic acid groups (broad SMARTS) is 1. The zero-order chi connectivity index (χ0) is 13.1. The molecule has 0 aliphatic carbocycles. The van der Waals surface area contributed by atoms with Gasteiger partial charge in [-0.2, -0.15) is 0 Å². The number of aliphatic carboxylic acids is 1. The molecule has 1 N–H and O–H groups in total. The quantitative estimate of drug-likeness (QED) is 0.894. The standard InChI is InChI=1S/C13H14N2O3/c1-15(2)10-5-3-9(4-6-10)12-7-11(18-14-12)8-13(16)17/h3-7H,8H2,1-2H3,(H,16,17). The average Bonchev–Trinajstić information content (AvgIpc) is 2.76. The minimum Gasteiger partial charge on any atom is -0.481 e. The highest BCUT2D eigenvalue weighted by Gasteiger charge is 2.09. The molecule has 5 heteroatoms. The summed E-state index contributed by atoms with van der Waals surface area (Å²) in [7, 11) is 3.94. The van der Waals surface area contributed by atoms with E-state index in [0.717, 1.165) is 11.3 Å². The minimum atomic E-state index is -0.930. The highest BCUT2D eigenvalue weighted by molar-refractivity contribution is 5.70. The molecule has 0 spiro atoms. The van der Waals surface area contributed by atoms with E-state index >= 15 is 0 Å². The third kappa shape index (κ3) is 2.68. The molecule has 1 aromatic carbocycles. The van der Waals surface area contributed by atoms with Crippen molar-refractivity contribution in [1.29, 1.82) is 0 Å². The minimum absolute atomic E-state index is 0.150. The van der Waals surface area contributed by atoms with Crippen LogP contribution in [0.15, 0.2) is 34.9 Å². The Morgan fingerprint density at radius 1 is 1.33 bits per heavy atom. The summed E-state index contributed by atoms with van der Waals surface area (Å²) >= 11 is 0. The van der Waals surface area contributed by atoms with E-state index in [2.05, 4.69) is 5.16 Å². The fourth-order valence-corrected chi connectivity index (χ4v) is 1.61. The first-order chi connectivity index (χ1) is 8.56. The number of aromatic nitrogens is 1. The van der Waals surface area contributed by atoms with Gasteiger partial charge in [-0.25, -0.2) is 0 Å². The van der Waals surface area contributed by atoms with Crippen LogP contribution in [0, 0.1) is 0 Å². The Bertz CT molecular complexity index is 544. The van der Waals surface area contributed by atoms with Crippen LogP contribution >= 0.6 is 0 Å². The second-order valence-electron chi connectivity index (χ2n) is 4.19. The molecule has 0 amide bonds.